The summed E-state index contributed by atoms with van der Waals surface area (Å²) in [5.74, 6) is -5.22. The molecule has 7 atom stereocenters. The summed E-state index contributed by atoms with van der Waals surface area (Å²) in [5.41, 5.74) is 2.10. The predicted molar refractivity (Wildman–Crippen MR) is 277 cm³/mol. The number of fused-ring (bicyclic) bond motifs is 2. The number of carbonyl (C=O) groups excluding carboxylic acids is 5. The van der Waals surface area contributed by atoms with Crippen molar-refractivity contribution in [3.05, 3.63) is 124 Å². The SMILES string of the molecule is CN[C@@H](C)C(=O)N[C@H](C(=O)N1Cc2ccc(NC(=O)[C@]3(C)CN(C(=O)CN4C[C@@H](C)NC[C@@H]4CN4CCOC[C@H]4C)c4cc(Cc5ccc(F)cc5)ccc43)cc2[C@H]1C(=O)Nc1c(F)cccc1F)C1CCOCC1. The van der Waals surface area contributed by atoms with Gasteiger partial charge in [0.15, 0.2) is 0 Å². The first-order chi connectivity index (χ1) is 36.0. The second-order valence-electron chi connectivity index (χ2n) is 21.0. The summed E-state index contributed by atoms with van der Waals surface area (Å²) in [6, 6.07) is 17.4. The van der Waals surface area contributed by atoms with Crippen molar-refractivity contribution >= 4 is 46.6 Å². The average molecular weight is 1040 g/mol. The van der Waals surface area contributed by atoms with Crippen molar-refractivity contribution in [2.45, 2.75) is 95.2 Å². The highest BCUT2D eigenvalue weighted by molar-refractivity contribution is 6.07. The van der Waals surface area contributed by atoms with E-state index in [1.807, 2.05) is 18.2 Å². The lowest BCUT2D eigenvalue weighted by molar-refractivity contribution is -0.144. The highest BCUT2D eigenvalue weighted by Gasteiger charge is 2.49. The summed E-state index contributed by atoms with van der Waals surface area (Å²) in [6.07, 6.45) is 1.38. The van der Waals surface area contributed by atoms with Crippen LogP contribution in [-0.4, -0.2) is 147 Å². The molecule has 5 aliphatic heterocycles. The Labute approximate surface area is 436 Å². The molecule has 0 aromatic heterocycles. The Morgan fingerprint density at radius 1 is 0.867 bits per heavy atom. The fourth-order valence-corrected chi connectivity index (χ4v) is 11.2. The third-order valence-electron chi connectivity index (χ3n) is 15.8. The largest absolute Gasteiger partial charge is 0.381 e. The number of nitrogens with zero attached hydrogens (tertiary/aromatic N) is 4. The zero-order valence-corrected chi connectivity index (χ0v) is 43.2. The summed E-state index contributed by atoms with van der Waals surface area (Å²) in [5, 5.41) is 14.9. The molecule has 19 heteroatoms. The Balaban J connectivity index is 1.02. The number of benzene rings is 4. The number of anilines is 3. The van der Waals surface area contributed by atoms with Gasteiger partial charge in [-0.25, -0.2) is 13.2 Å². The van der Waals surface area contributed by atoms with E-state index >= 15 is 13.6 Å². The van der Waals surface area contributed by atoms with Gasteiger partial charge >= 0.3 is 0 Å². The van der Waals surface area contributed by atoms with Crippen molar-refractivity contribution in [3.8, 4) is 0 Å². The van der Waals surface area contributed by atoms with E-state index in [4.69, 9.17) is 9.47 Å². The minimum atomic E-state index is -1.44. The van der Waals surface area contributed by atoms with Crippen LogP contribution in [0.1, 0.15) is 74.4 Å². The lowest BCUT2D eigenvalue weighted by atomic mass is 9.82. The Hall–Kier alpha value is -6.22. The quantitative estimate of drug-likeness (QED) is 0.110. The van der Waals surface area contributed by atoms with Crippen LogP contribution in [0.25, 0.3) is 0 Å². The number of hydrogen-bond acceptors (Lipinski definition) is 11. The minimum absolute atomic E-state index is 0.0117. The Kier molecular flexibility index (Phi) is 16.4. The molecule has 400 valence electrons. The van der Waals surface area contributed by atoms with E-state index in [1.54, 1.807) is 56.1 Å². The number of morpholine rings is 1. The second-order valence-corrected chi connectivity index (χ2v) is 21.0. The molecule has 0 aliphatic carbocycles. The summed E-state index contributed by atoms with van der Waals surface area (Å²) in [4.78, 5) is 80.5. The van der Waals surface area contributed by atoms with E-state index in [1.165, 1.54) is 23.1 Å². The van der Waals surface area contributed by atoms with Crippen LogP contribution < -0.4 is 31.5 Å². The Morgan fingerprint density at radius 2 is 1.60 bits per heavy atom. The maximum Gasteiger partial charge on any atom is 0.252 e. The van der Waals surface area contributed by atoms with Crippen LogP contribution in [0, 0.1) is 23.4 Å². The molecule has 4 aromatic rings. The van der Waals surface area contributed by atoms with Crippen molar-refractivity contribution in [2.24, 2.45) is 5.92 Å². The van der Waals surface area contributed by atoms with Gasteiger partial charge < -0.3 is 45.9 Å². The van der Waals surface area contributed by atoms with Gasteiger partial charge in [-0.15, -0.1) is 0 Å². The van der Waals surface area contributed by atoms with Crippen molar-refractivity contribution in [1.29, 1.82) is 0 Å². The van der Waals surface area contributed by atoms with Gasteiger partial charge in [0.25, 0.3) is 5.91 Å². The second kappa shape index (κ2) is 22.9. The molecule has 4 aromatic carbocycles. The number of amides is 5. The molecule has 5 heterocycles. The molecule has 16 nitrogen and oxygen atoms in total. The standard InChI is InChI=1S/C56H68F3N9O7/c1-33-27-66(42(26-61-33)29-65-19-22-75-31-34(65)2)30-48(69)68-32-56(4,44-16-11-37(24-47(44)68)23-36-9-13-40(57)14-10-36)55(73)62-41-15-12-39-28-67(51(43(39)25-41)53(71)64-50-45(58)7-6-8-46(50)59)54(72)49(38-17-20-74-21-18-38)63-52(70)35(3)60-5/h6-16,24-25,33-35,38,42,49,51,60-61H,17-23,26-32H2,1-5H3,(H,62,73)(H,63,70)(H,64,71)/t33-,34-,35+,42-,49+,51+,56-/m1/s1. The van der Waals surface area contributed by atoms with Crippen molar-refractivity contribution in [3.63, 3.8) is 0 Å². The monoisotopic (exact) mass is 1040 g/mol. The molecule has 0 unspecified atom stereocenters. The molecule has 5 amide bonds. The smallest absolute Gasteiger partial charge is 0.252 e. The van der Waals surface area contributed by atoms with Crippen LogP contribution in [0.3, 0.4) is 0 Å². The number of likely N-dealkylation sites (N-methyl/N-ethyl adjacent to an activating group) is 1. The van der Waals surface area contributed by atoms with Gasteiger partial charge in [0, 0.05) is 82.0 Å². The van der Waals surface area contributed by atoms with Crippen molar-refractivity contribution < 1.29 is 46.6 Å². The number of para-hydroxylation sites is 1. The molecule has 9 rings (SSSR count). The van der Waals surface area contributed by atoms with Crippen LogP contribution in [0.2, 0.25) is 0 Å². The first-order valence-corrected chi connectivity index (χ1v) is 26.0. The lowest BCUT2D eigenvalue weighted by Gasteiger charge is -2.43. The van der Waals surface area contributed by atoms with Gasteiger partial charge in [-0.2, -0.15) is 0 Å². The zero-order valence-electron chi connectivity index (χ0n) is 43.2. The lowest BCUT2D eigenvalue weighted by Crippen LogP contribution is -2.62. The van der Waals surface area contributed by atoms with Crippen molar-refractivity contribution in [2.75, 3.05) is 88.3 Å². The number of rotatable bonds is 15. The highest BCUT2D eigenvalue weighted by atomic mass is 19.1. The van der Waals surface area contributed by atoms with Crippen LogP contribution >= 0.6 is 0 Å². The van der Waals surface area contributed by atoms with Gasteiger partial charge in [0.05, 0.1) is 31.2 Å². The highest BCUT2D eigenvalue weighted by Crippen LogP contribution is 2.44. The summed E-state index contributed by atoms with van der Waals surface area (Å²) in [7, 11) is 1.62. The van der Waals surface area contributed by atoms with Gasteiger partial charge in [0.1, 0.15) is 35.2 Å². The van der Waals surface area contributed by atoms with E-state index in [0.29, 0.717) is 81.2 Å². The molecule has 5 aliphatic rings. The minimum Gasteiger partial charge on any atom is -0.381 e. The number of nitrogens with one attached hydrogen (secondary N) is 5. The fourth-order valence-electron chi connectivity index (χ4n) is 11.2. The zero-order chi connectivity index (χ0) is 53.1. The van der Waals surface area contributed by atoms with Crippen LogP contribution in [0.5, 0.6) is 0 Å². The molecule has 75 heavy (non-hydrogen) atoms. The Bertz CT molecular complexity index is 2760. The third-order valence-corrected chi connectivity index (χ3v) is 15.8. The summed E-state index contributed by atoms with van der Waals surface area (Å²) >= 11 is 0. The van der Waals surface area contributed by atoms with Crippen LogP contribution in [0.4, 0.5) is 30.2 Å². The summed E-state index contributed by atoms with van der Waals surface area (Å²) < 4.78 is 55.5. The molecule has 5 N–H and O–H groups in total. The predicted octanol–water partition coefficient (Wildman–Crippen LogP) is 4.86. The van der Waals surface area contributed by atoms with Gasteiger partial charge in [-0.3, -0.25) is 33.8 Å². The van der Waals surface area contributed by atoms with Crippen molar-refractivity contribution in [1.82, 2.24) is 30.7 Å². The molecule has 0 radical (unpaired) electrons. The fraction of sp³-hybridized carbons (Fsp3) is 0.482. The molecular formula is C56H68F3N9O7. The van der Waals surface area contributed by atoms with E-state index < -0.39 is 64.5 Å². The van der Waals surface area contributed by atoms with Crippen LogP contribution in [-0.2, 0) is 51.8 Å². The van der Waals surface area contributed by atoms with Crippen LogP contribution in [0.15, 0.2) is 78.9 Å². The molecular weight excluding hydrogens is 968 g/mol. The maximum absolute atomic E-state index is 15.1. The van der Waals surface area contributed by atoms with Gasteiger partial charge in [-0.05, 0) is 130 Å². The third kappa shape index (κ3) is 11.6. The molecule has 3 fully saturated rings. The first-order valence-electron chi connectivity index (χ1n) is 26.0. The molecule has 3 saturated heterocycles. The van der Waals surface area contributed by atoms with Gasteiger partial charge in [0.2, 0.25) is 23.6 Å². The topological polar surface area (TPSA) is 177 Å². The average Bonchev–Trinajstić information content (AvgIpc) is 3.95. The molecule has 0 bridgehead atoms. The number of halogens is 3. The number of ether oxygens (including phenoxy) is 2. The first kappa shape index (κ1) is 53.6. The van der Waals surface area contributed by atoms with E-state index in [9.17, 15) is 23.6 Å². The number of carbonyl (C=O) groups is 5. The normalized spacial score (nSPS) is 24.0. The maximum atomic E-state index is 15.1. The molecule has 0 saturated carbocycles. The number of piperazine rings is 1. The molecule has 0 spiro atoms. The Morgan fingerprint density at radius 3 is 2.32 bits per heavy atom. The van der Waals surface area contributed by atoms with E-state index in [-0.39, 0.29) is 61.1 Å². The summed E-state index contributed by atoms with van der Waals surface area (Å²) in [6.45, 7) is 12.7. The van der Waals surface area contributed by atoms with Gasteiger partial charge in [-0.1, -0.05) is 36.4 Å². The van der Waals surface area contributed by atoms with E-state index in [2.05, 4.69) is 50.2 Å². The van der Waals surface area contributed by atoms with E-state index in [0.717, 1.165) is 36.3 Å². The number of hydrogen-bond donors (Lipinski definition) is 5.